The normalized spacial score (nSPS) is 17.9. The molecule has 0 radical (unpaired) electrons. The average molecular weight is 410 g/mol. The molecule has 1 fully saturated rings. The number of hydrogen-bond acceptors (Lipinski definition) is 4. The lowest BCUT2D eigenvalue weighted by atomic mass is 10.1. The van der Waals surface area contributed by atoms with Gasteiger partial charge in [-0.3, -0.25) is 4.79 Å². The molecule has 5 rings (SSSR count). The summed E-state index contributed by atoms with van der Waals surface area (Å²) in [5.41, 5.74) is 3.09. The summed E-state index contributed by atoms with van der Waals surface area (Å²) in [5, 5.41) is 0. The molecule has 1 amide bonds. The fourth-order valence-electron chi connectivity index (χ4n) is 3.78. The van der Waals surface area contributed by atoms with E-state index >= 15 is 0 Å². The number of allylic oxidation sites excluding steroid dienone is 4. The molecule has 31 heavy (non-hydrogen) atoms. The Morgan fingerprint density at radius 1 is 1.13 bits per heavy atom. The summed E-state index contributed by atoms with van der Waals surface area (Å²) < 4.78 is 7.75. The number of carbonyl (C=O) groups is 1. The second kappa shape index (κ2) is 8.49. The number of aromatic nitrogens is 3. The van der Waals surface area contributed by atoms with Crippen LogP contribution in [0.2, 0.25) is 0 Å². The van der Waals surface area contributed by atoms with Crippen LogP contribution < -0.4 is 4.74 Å². The minimum Gasteiger partial charge on any atom is -0.472 e. The van der Waals surface area contributed by atoms with E-state index in [1.807, 2.05) is 40.9 Å². The first-order valence-corrected chi connectivity index (χ1v) is 10.5. The van der Waals surface area contributed by atoms with Crippen LogP contribution in [0.1, 0.15) is 35.3 Å². The van der Waals surface area contributed by atoms with E-state index in [-0.39, 0.29) is 12.0 Å². The highest BCUT2D eigenvalue weighted by Gasteiger charge is 2.29. The van der Waals surface area contributed by atoms with Crippen LogP contribution in [0.25, 0.3) is 5.65 Å². The van der Waals surface area contributed by atoms with Crippen molar-refractivity contribution in [1.29, 1.82) is 0 Å². The monoisotopic (exact) mass is 410 g/mol. The van der Waals surface area contributed by atoms with Gasteiger partial charge in [-0.15, -0.1) is 0 Å². The summed E-state index contributed by atoms with van der Waals surface area (Å²) in [7, 11) is 0. The Balaban J connectivity index is 1.28. The van der Waals surface area contributed by atoms with Crippen molar-refractivity contribution in [3.63, 3.8) is 0 Å². The van der Waals surface area contributed by atoms with Crippen molar-refractivity contribution in [2.75, 3.05) is 13.1 Å². The van der Waals surface area contributed by atoms with Gasteiger partial charge in [0.25, 0.3) is 5.91 Å². The van der Waals surface area contributed by atoms with E-state index in [9.17, 15) is 4.79 Å². The van der Waals surface area contributed by atoms with Gasteiger partial charge < -0.3 is 14.0 Å². The van der Waals surface area contributed by atoms with Gasteiger partial charge in [-0.1, -0.05) is 36.1 Å². The minimum absolute atomic E-state index is 0.0547. The average Bonchev–Trinajstić information content (AvgIpc) is 3.45. The second-order valence-corrected chi connectivity index (χ2v) is 7.65. The smallest absolute Gasteiger partial charge is 0.274 e. The number of amides is 1. The van der Waals surface area contributed by atoms with Crippen molar-refractivity contribution >= 4 is 11.6 Å². The molecule has 0 bridgehead atoms. The van der Waals surface area contributed by atoms with Gasteiger partial charge in [-0.25, -0.2) is 9.97 Å². The predicted molar refractivity (Wildman–Crippen MR) is 118 cm³/mol. The van der Waals surface area contributed by atoms with Gasteiger partial charge >= 0.3 is 0 Å². The summed E-state index contributed by atoms with van der Waals surface area (Å²) >= 11 is 0. The maximum atomic E-state index is 13.0. The molecule has 0 spiro atoms. The summed E-state index contributed by atoms with van der Waals surface area (Å²) in [6.07, 6.45) is 14.6. The zero-order chi connectivity index (χ0) is 21.0. The summed E-state index contributed by atoms with van der Waals surface area (Å²) in [6, 6.07) is 9.39. The SMILES string of the molecule is O=C(c1cn2cc(C#CC3=CCCC=C3)ccc2n1)N1CCC(Oc2ccccn2)C1. The molecule has 1 saturated heterocycles. The quantitative estimate of drug-likeness (QED) is 0.619. The van der Waals surface area contributed by atoms with Crippen LogP contribution in [0, 0.1) is 11.8 Å². The molecule has 4 heterocycles. The topological polar surface area (TPSA) is 59.7 Å². The van der Waals surface area contributed by atoms with Crippen molar-refractivity contribution in [2.45, 2.75) is 25.4 Å². The fourth-order valence-corrected chi connectivity index (χ4v) is 3.78. The van der Waals surface area contributed by atoms with Crippen molar-refractivity contribution in [3.05, 3.63) is 84.0 Å². The molecule has 0 aromatic carbocycles. The van der Waals surface area contributed by atoms with E-state index in [1.165, 1.54) is 0 Å². The van der Waals surface area contributed by atoms with E-state index in [0.717, 1.165) is 36.0 Å². The van der Waals surface area contributed by atoms with E-state index in [1.54, 1.807) is 17.3 Å². The maximum absolute atomic E-state index is 13.0. The Morgan fingerprint density at radius 3 is 2.94 bits per heavy atom. The number of hydrogen-bond donors (Lipinski definition) is 0. The summed E-state index contributed by atoms with van der Waals surface area (Å²) in [6.45, 7) is 1.17. The maximum Gasteiger partial charge on any atom is 0.274 e. The first-order valence-electron chi connectivity index (χ1n) is 10.5. The molecule has 6 heteroatoms. The Kier molecular flexibility index (Phi) is 5.24. The fraction of sp³-hybridized carbons (Fsp3) is 0.240. The molecule has 1 atom stereocenters. The third-order valence-corrected chi connectivity index (χ3v) is 5.37. The van der Waals surface area contributed by atoms with Crippen LogP contribution in [-0.4, -0.2) is 44.4 Å². The highest BCUT2D eigenvalue weighted by atomic mass is 16.5. The molecule has 1 aliphatic carbocycles. The van der Waals surface area contributed by atoms with Crippen LogP contribution in [0.5, 0.6) is 5.88 Å². The zero-order valence-corrected chi connectivity index (χ0v) is 17.1. The lowest BCUT2D eigenvalue weighted by molar-refractivity contribution is 0.0766. The first-order chi connectivity index (χ1) is 15.2. The summed E-state index contributed by atoms with van der Waals surface area (Å²) in [4.78, 5) is 23.5. The van der Waals surface area contributed by atoms with Crippen molar-refractivity contribution < 1.29 is 9.53 Å². The van der Waals surface area contributed by atoms with Crippen LogP contribution in [-0.2, 0) is 0 Å². The Bertz CT molecular complexity index is 1230. The van der Waals surface area contributed by atoms with Crippen LogP contribution in [0.15, 0.2) is 72.7 Å². The van der Waals surface area contributed by atoms with Gasteiger partial charge in [0.05, 0.1) is 6.54 Å². The van der Waals surface area contributed by atoms with Gasteiger partial charge in [0.1, 0.15) is 17.4 Å². The van der Waals surface area contributed by atoms with E-state index < -0.39 is 0 Å². The van der Waals surface area contributed by atoms with Crippen molar-refractivity contribution in [3.8, 4) is 17.7 Å². The number of likely N-dealkylation sites (tertiary alicyclic amines) is 1. The number of ether oxygens (including phenoxy) is 1. The molecular weight excluding hydrogens is 388 g/mol. The third-order valence-electron chi connectivity index (χ3n) is 5.37. The number of imidazole rings is 1. The summed E-state index contributed by atoms with van der Waals surface area (Å²) in [5.74, 6) is 6.89. The van der Waals surface area contributed by atoms with Gasteiger partial charge in [0.15, 0.2) is 0 Å². The van der Waals surface area contributed by atoms with Crippen molar-refractivity contribution in [2.24, 2.45) is 0 Å². The molecule has 1 aliphatic heterocycles. The largest absolute Gasteiger partial charge is 0.472 e. The molecule has 154 valence electrons. The van der Waals surface area contributed by atoms with Crippen LogP contribution >= 0.6 is 0 Å². The van der Waals surface area contributed by atoms with Gasteiger partial charge in [0.2, 0.25) is 5.88 Å². The highest BCUT2D eigenvalue weighted by Crippen LogP contribution is 2.19. The van der Waals surface area contributed by atoms with Crippen LogP contribution in [0.3, 0.4) is 0 Å². The number of carbonyl (C=O) groups excluding carboxylic acids is 1. The number of rotatable bonds is 3. The van der Waals surface area contributed by atoms with Gasteiger partial charge in [-0.2, -0.15) is 0 Å². The molecular formula is C25H22N4O2. The Labute approximate surface area is 180 Å². The number of pyridine rings is 2. The van der Waals surface area contributed by atoms with Crippen molar-refractivity contribution in [1.82, 2.24) is 19.3 Å². The number of nitrogens with zero attached hydrogens (tertiary/aromatic N) is 4. The molecule has 3 aromatic heterocycles. The molecule has 1 unspecified atom stereocenters. The van der Waals surface area contributed by atoms with E-state index in [2.05, 4.69) is 40.0 Å². The first kappa shape index (κ1) is 19.1. The second-order valence-electron chi connectivity index (χ2n) is 7.65. The van der Waals surface area contributed by atoms with Gasteiger partial charge in [-0.05, 0) is 31.0 Å². The molecule has 2 aliphatic rings. The molecule has 6 nitrogen and oxygen atoms in total. The Hall–Kier alpha value is -3.85. The minimum atomic E-state index is -0.0825. The number of fused-ring (bicyclic) bond motifs is 1. The van der Waals surface area contributed by atoms with Gasteiger partial charge in [0, 0.05) is 48.8 Å². The molecule has 3 aromatic rings. The van der Waals surface area contributed by atoms with Crippen LogP contribution in [0.4, 0.5) is 0 Å². The highest BCUT2D eigenvalue weighted by molar-refractivity contribution is 5.93. The Morgan fingerprint density at radius 2 is 2.10 bits per heavy atom. The lowest BCUT2D eigenvalue weighted by Crippen LogP contribution is -2.31. The predicted octanol–water partition coefficient (Wildman–Crippen LogP) is 3.65. The van der Waals surface area contributed by atoms with E-state index in [0.29, 0.717) is 24.7 Å². The molecule has 0 saturated carbocycles. The molecule has 0 N–H and O–H groups in total. The zero-order valence-electron chi connectivity index (χ0n) is 17.1. The van der Waals surface area contributed by atoms with E-state index in [4.69, 9.17) is 4.74 Å². The lowest BCUT2D eigenvalue weighted by Gasteiger charge is -2.15. The third kappa shape index (κ3) is 4.36. The standard InChI is InChI=1S/C25H22N4O2/c30-25(28-15-13-21(17-28)31-24-8-4-5-14-26-24)22-18-29-16-20(11-12-23(29)27-22)10-9-19-6-2-1-3-7-19/h2,4-8,11-12,14,16,18,21H,1,3,13,15,17H2.